The van der Waals surface area contributed by atoms with Gasteiger partial charge in [-0.05, 0) is 32.9 Å². The molecule has 5 heteroatoms. The molecule has 1 heterocycles. The number of hydrogen-bond donors (Lipinski definition) is 1. The van der Waals surface area contributed by atoms with Crippen LogP contribution >= 0.6 is 15.9 Å². The first-order chi connectivity index (χ1) is 9.91. The van der Waals surface area contributed by atoms with Crippen LogP contribution in [-0.2, 0) is 23.4 Å². The van der Waals surface area contributed by atoms with E-state index < -0.39 is 0 Å². The molecular weight excluding hydrogens is 330 g/mol. The van der Waals surface area contributed by atoms with Crippen LogP contribution in [-0.4, -0.2) is 16.9 Å². The molecule has 0 fully saturated rings. The van der Waals surface area contributed by atoms with Gasteiger partial charge in [-0.2, -0.15) is 5.10 Å². The molecule has 1 N–H and O–H groups in total. The summed E-state index contributed by atoms with van der Waals surface area (Å²) in [6, 6.07) is 6.11. The second kappa shape index (κ2) is 6.62. The zero-order valence-electron chi connectivity index (χ0n) is 13.0. The third-order valence-corrected chi connectivity index (χ3v) is 3.96. The average Bonchev–Trinajstić information content (AvgIpc) is 2.88. The second-order valence-electron chi connectivity index (χ2n) is 6.02. The monoisotopic (exact) mass is 351 g/mol. The molecule has 0 spiro atoms. The van der Waals surface area contributed by atoms with Gasteiger partial charge in [0.15, 0.2) is 0 Å². The van der Waals surface area contributed by atoms with E-state index in [-0.39, 0.29) is 5.54 Å². The minimum Gasteiger partial charge on any atom is -0.381 e. The summed E-state index contributed by atoms with van der Waals surface area (Å²) in [7, 11) is 1.70. The van der Waals surface area contributed by atoms with Crippen molar-refractivity contribution >= 4 is 21.6 Å². The number of ether oxygens (including phenoxy) is 1. The zero-order valence-corrected chi connectivity index (χ0v) is 14.6. The largest absolute Gasteiger partial charge is 0.381 e. The van der Waals surface area contributed by atoms with E-state index >= 15 is 0 Å². The van der Waals surface area contributed by atoms with Crippen LogP contribution in [0.3, 0.4) is 0 Å². The lowest BCUT2D eigenvalue weighted by Gasteiger charge is -2.18. The standard InChI is InChI=1S/C16H22BrN3O/c1-16(2,3)20-10-12(9-19-20)8-18-15-7-5-6-14(17)13(15)11-21-4/h5-7,9-10,18H,8,11H2,1-4H3. The number of anilines is 1. The van der Waals surface area contributed by atoms with Gasteiger partial charge in [0, 0.05) is 41.1 Å². The Kier molecular flexibility index (Phi) is 5.06. The molecule has 0 atom stereocenters. The van der Waals surface area contributed by atoms with Gasteiger partial charge in [-0.25, -0.2) is 0 Å². The quantitative estimate of drug-likeness (QED) is 0.878. The van der Waals surface area contributed by atoms with E-state index in [9.17, 15) is 0 Å². The third kappa shape index (κ3) is 4.08. The first-order valence-corrected chi connectivity index (χ1v) is 7.75. The number of methoxy groups -OCH3 is 1. The molecular formula is C16H22BrN3O. The van der Waals surface area contributed by atoms with Crippen LogP contribution in [0.25, 0.3) is 0 Å². The molecule has 0 unspecified atom stereocenters. The fourth-order valence-electron chi connectivity index (χ4n) is 2.03. The van der Waals surface area contributed by atoms with Crippen molar-refractivity contribution in [3.8, 4) is 0 Å². The second-order valence-corrected chi connectivity index (χ2v) is 6.87. The highest BCUT2D eigenvalue weighted by Crippen LogP contribution is 2.26. The van der Waals surface area contributed by atoms with Crippen molar-refractivity contribution in [1.29, 1.82) is 0 Å². The SMILES string of the molecule is COCc1c(Br)cccc1NCc1cnn(C(C)(C)C)c1. The maximum absolute atomic E-state index is 5.26. The van der Waals surface area contributed by atoms with Crippen molar-refractivity contribution in [3.05, 3.63) is 46.2 Å². The molecule has 21 heavy (non-hydrogen) atoms. The van der Waals surface area contributed by atoms with Gasteiger partial charge >= 0.3 is 0 Å². The van der Waals surface area contributed by atoms with Gasteiger partial charge in [0.2, 0.25) is 0 Å². The van der Waals surface area contributed by atoms with Gasteiger partial charge in [-0.1, -0.05) is 22.0 Å². The lowest BCUT2D eigenvalue weighted by molar-refractivity contribution is 0.185. The number of rotatable bonds is 5. The highest BCUT2D eigenvalue weighted by molar-refractivity contribution is 9.10. The Bertz CT molecular complexity index is 602. The van der Waals surface area contributed by atoms with Crippen molar-refractivity contribution in [2.75, 3.05) is 12.4 Å². The minimum atomic E-state index is 0.00916. The molecule has 0 amide bonds. The van der Waals surface area contributed by atoms with Crippen LogP contribution < -0.4 is 5.32 Å². The molecule has 0 aliphatic rings. The van der Waals surface area contributed by atoms with Gasteiger partial charge in [0.1, 0.15) is 0 Å². The van der Waals surface area contributed by atoms with Gasteiger partial charge < -0.3 is 10.1 Å². The predicted molar refractivity (Wildman–Crippen MR) is 89.4 cm³/mol. The molecule has 0 saturated heterocycles. The number of benzene rings is 1. The summed E-state index contributed by atoms with van der Waals surface area (Å²) in [4.78, 5) is 0. The van der Waals surface area contributed by atoms with Gasteiger partial charge in [-0.15, -0.1) is 0 Å². The van der Waals surface area contributed by atoms with Crippen LogP contribution in [0.15, 0.2) is 35.1 Å². The van der Waals surface area contributed by atoms with Crippen molar-refractivity contribution in [1.82, 2.24) is 9.78 Å². The highest BCUT2D eigenvalue weighted by atomic mass is 79.9. The molecule has 0 bridgehead atoms. The summed E-state index contributed by atoms with van der Waals surface area (Å²) in [5, 5.41) is 7.88. The van der Waals surface area contributed by atoms with E-state index in [2.05, 4.69) is 59.4 Å². The molecule has 0 saturated carbocycles. The van der Waals surface area contributed by atoms with E-state index in [1.54, 1.807) is 7.11 Å². The van der Waals surface area contributed by atoms with Crippen LogP contribution in [0.1, 0.15) is 31.9 Å². The Morgan fingerprint density at radius 3 is 2.71 bits per heavy atom. The Labute approximate surface area is 134 Å². The summed E-state index contributed by atoms with van der Waals surface area (Å²) in [5.41, 5.74) is 3.38. The molecule has 114 valence electrons. The summed E-state index contributed by atoms with van der Waals surface area (Å²) >= 11 is 3.57. The maximum atomic E-state index is 5.26. The van der Waals surface area contributed by atoms with Crippen molar-refractivity contribution in [3.63, 3.8) is 0 Å². The normalized spacial score (nSPS) is 11.7. The highest BCUT2D eigenvalue weighted by Gasteiger charge is 2.14. The van der Waals surface area contributed by atoms with Gasteiger partial charge in [0.05, 0.1) is 18.3 Å². The number of aromatic nitrogens is 2. The van der Waals surface area contributed by atoms with Crippen LogP contribution in [0.4, 0.5) is 5.69 Å². The summed E-state index contributed by atoms with van der Waals surface area (Å²) < 4.78 is 8.31. The number of nitrogens with zero attached hydrogens (tertiary/aromatic N) is 2. The summed E-state index contributed by atoms with van der Waals surface area (Å²) in [5.74, 6) is 0. The van der Waals surface area contributed by atoms with E-state index in [1.807, 2.05) is 23.0 Å². The molecule has 0 aliphatic carbocycles. The van der Waals surface area contributed by atoms with Crippen LogP contribution in [0.5, 0.6) is 0 Å². The minimum absolute atomic E-state index is 0.00916. The van der Waals surface area contributed by atoms with E-state index in [4.69, 9.17) is 4.74 Å². The summed E-state index contributed by atoms with van der Waals surface area (Å²) in [6.07, 6.45) is 3.99. The molecule has 0 radical (unpaired) electrons. The molecule has 1 aromatic carbocycles. The number of hydrogen-bond acceptors (Lipinski definition) is 3. The number of nitrogens with one attached hydrogen (secondary N) is 1. The molecule has 1 aromatic heterocycles. The Balaban J connectivity index is 2.10. The van der Waals surface area contributed by atoms with Crippen molar-refractivity contribution in [2.24, 2.45) is 0 Å². The predicted octanol–water partition coefficient (Wildman–Crippen LogP) is 4.16. The first-order valence-electron chi connectivity index (χ1n) is 6.96. The zero-order chi connectivity index (χ0) is 15.5. The van der Waals surface area contributed by atoms with Crippen molar-refractivity contribution in [2.45, 2.75) is 39.5 Å². The average molecular weight is 352 g/mol. The fraction of sp³-hybridized carbons (Fsp3) is 0.438. The summed E-state index contributed by atoms with van der Waals surface area (Å²) in [6.45, 7) is 7.74. The lowest BCUT2D eigenvalue weighted by Crippen LogP contribution is -2.22. The third-order valence-electron chi connectivity index (χ3n) is 3.21. The lowest BCUT2D eigenvalue weighted by atomic mass is 10.1. The molecule has 4 nitrogen and oxygen atoms in total. The molecule has 2 aromatic rings. The Hall–Kier alpha value is -1.33. The van der Waals surface area contributed by atoms with Crippen LogP contribution in [0.2, 0.25) is 0 Å². The fourth-order valence-corrected chi connectivity index (χ4v) is 2.51. The van der Waals surface area contributed by atoms with E-state index in [1.165, 1.54) is 0 Å². The number of halogens is 1. The van der Waals surface area contributed by atoms with E-state index in [0.29, 0.717) is 6.61 Å². The smallest absolute Gasteiger partial charge is 0.0744 e. The van der Waals surface area contributed by atoms with Crippen molar-refractivity contribution < 1.29 is 4.74 Å². The Morgan fingerprint density at radius 1 is 1.33 bits per heavy atom. The van der Waals surface area contributed by atoms with E-state index in [0.717, 1.165) is 27.8 Å². The molecule has 2 rings (SSSR count). The Morgan fingerprint density at radius 2 is 2.10 bits per heavy atom. The van der Waals surface area contributed by atoms with Gasteiger partial charge in [-0.3, -0.25) is 4.68 Å². The molecule has 0 aliphatic heterocycles. The first kappa shape index (κ1) is 16.0. The van der Waals surface area contributed by atoms with Gasteiger partial charge in [0.25, 0.3) is 0 Å². The van der Waals surface area contributed by atoms with Crippen LogP contribution in [0, 0.1) is 0 Å². The topological polar surface area (TPSA) is 39.1 Å². The maximum Gasteiger partial charge on any atom is 0.0744 e.